The lowest BCUT2D eigenvalue weighted by molar-refractivity contribution is -0.384. The highest BCUT2D eigenvalue weighted by Gasteiger charge is 2.34. The summed E-state index contributed by atoms with van der Waals surface area (Å²) in [7, 11) is 0. The second kappa shape index (κ2) is 6.44. The summed E-state index contributed by atoms with van der Waals surface area (Å²) in [4.78, 5) is 21.6. The summed E-state index contributed by atoms with van der Waals surface area (Å²) in [5.74, 6) is -0.955. The third kappa shape index (κ3) is 4.12. The average Bonchev–Trinajstić information content (AvgIpc) is 2.48. The molecule has 2 aromatic carbocycles. The smallest absolute Gasteiger partial charge is 0.420 e. The highest BCUT2D eigenvalue weighted by atomic mass is 19.4. The number of alkyl halides is 3. The molecule has 7 nitrogen and oxygen atoms in total. The maximum Gasteiger partial charge on any atom is 0.420 e. The lowest BCUT2D eigenvalue weighted by Crippen LogP contribution is -2.19. The summed E-state index contributed by atoms with van der Waals surface area (Å²) in [5, 5.41) is 24.2. The fourth-order valence-corrected chi connectivity index (χ4v) is 1.80. The van der Waals surface area contributed by atoms with Crippen molar-refractivity contribution in [2.45, 2.75) is 6.18 Å². The number of carbonyl (C=O) groups excluding carboxylic acids is 1. The van der Waals surface area contributed by atoms with Crippen LogP contribution in [0.5, 0.6) is 5.75 Å². The van der Waals surface area contributed by atoms with E-state index in [1.807, 2.05) is 0 Å². The van der Waals surface area contributed by atoms with Gasteiger partial charge in [-0.1, -0.05) is 0 Å². The molecular formula is C14H10F3N3O4. The Morgan fingerprint density at radius 1 is 1.04 bits per heavy atom. The van der Waals surface area contributed by atoms with Crippen LogP contribution in [0.4, 0.5) is 35.0 Å². The Balaban J connectivity index is 2.08. The van der Waals surface area contributed by atoms with E-state index in [0.717, 1.165) is 24.3 Å². The van der Waals surface area contributed by atoms with Crippen LogP contribution < -0.4 is 10.6 Å². The summed E-state index contributed by atoms with van der Waals surface area (Å²) < 4.78 is 38.0. The summed E-state index contributed by atoms with van der Waals surface area (Å²) >= 11 is 0. The first-order chi connectivity index (χ1) is 11.2. The Morgan fingerprint density at radius 3 is 2.12 bits per heavy atom. The van der Waals surface area contributed by atoms with Gasteiger partial charge in [-0.2, -0.15) is 13.2 Å². The van der Waals surface area contributed by atoms with E-state index in [1.165, 1.54) is 12.1 Å². The highest BCUT2D eigenvalue weighted by molar-refractivity contribution is 5.99. The number of phenolic OH excluding ortho intramolecular Hbond substituents is 1. The maximum absolute atomic E-state index is 12.7. The minimum Gasteiger partial charge on any atom is -0.507 e. The first kappa shape index (κ1) is 17.1. The number of hydrogen-bond acceptors (Lipinski definition) is 4. The van der Waals surface area contributed by atoms with Gasteiger partial charge in [0, 0.05) is 23.5 Å². The van der Waals surface area contributed by atoms with Crippen molar-refractivity contribution in [2.24, 2.45) is 0 Å². The van der Waals surface area contributed by atoms with Crippen molar-refractivity contribution in [2.75, 3.05) is 10.6 Å². The van der Waals surface area contributed by atoms with Crippen LogP contribution in [0.2, 0.25) is 0 Å². The normalized spacial score (nSPS) is 11.0. The second-order valence-corrected chi connectivity index (χ2v) is 4.61. The van der Waals surface area contributed by atoms with E-state index in [2.05, 4.69) is 10.6 Å². The van der Waals surface area contributed by atoms with Crippen molar-refractivity contribution in [3.63, 3.8) is 0 Å². The third-order valence-electron chi connectivity index (χ3n) is 2.90. The number of non-ortho nitro benzene ring substituents is 1. The molecule has 0 aliphatic heterocycles. The van der Waals surface area contributed by atoms with Crippen LogP contribution in [0.25, 0.3) is 0 Å². The monoisotopic (exact) mass is 341 g/mol. The van der Waals surface area contributed by atoms with E-state index < -0.39 is 28.4 Å². The number of nitro groups is 1. The zero-order chi connectivity index (χ0) is 17.9. The number of benzene rings is 2. The predicted molar refractivity (Wildman–Crippen MR) is 78.8 cm³/mol. The molecule has 0 saturated carbocycles. The van der Waals surface area contributed by atoms with Gasteiger partial charge >= 0.3 is 12.2 Å². The molecule has 0 unspecified atom stereocenters. The van der Waals surface area contributed by atoms with E-state index in [4.69, 9.17) is 0 Å². The molecule has 0 saturated heterocycles. The molecule has 0 atom stereocenters. The zero-order valence-corrected chi connectivity index (χ0v) is 11.8. The summed E-state index contributed by atoms with van der Waals surface area (Å²) in [6.07, 6.45) is -4.77. The van der Waals surface area contributed by atoms with Crippen LogP contribution in [0.3, 0.4) is 0 Å². The van der Waals surface area contributed by atoms with Crippen LogP contribution in [0, 0.1) is 10.1 Å². The lowest BCUT2D eigenvalue weighted by Gasteiger charge is -2.12. The topological polar surface area (TPSA) is 104 Å². The van der Waals surface area contributed by atoms with Crippen LogP contribution >= 0.6 is 0 Å². The van der Waals surface area contributed by atoms with Crippen molar-refractivity contribution in [3.8, 4) is 5.75 Å². The molecule has 0 radical (unpaired) electrons. The molecule has 0 aromatic heterocycles. The Labute approximate surface area is 132 Å². The minimum absolute atomic E-state index is 0.172. The van der Waals surface area contributed by atoms with Crippen LogP contribution in [-0.2, 0) is 6.18 Å². The predicted octanol–water partition coefficient (Wildman–Crippen LogP) is 3.96. The number of carbonyl (C=O) groups is 1. The van der Waals surface area contributed by atoms with Crippen molar-refractivity contribution in [3.05, 3.63) is 58.1 Å². The molecule has 2 rings (SSSR count). The number of urea groups is 1. The van der Waals surface area contributed by atoms with Gasteiger partial charge in [-0.25, -0.2) is 4.79 Å². The van der Waals surface area contributed by atoms with Gasteiger partial charge in [0.05, 0.1) is 10.5 Å². The molecular weight excluding hydrogens is 331 g/mol. The summed E-state index contributed by atoms with van der Waals surface area (Å²) in [5.41, 5.74) is -1.42. The quantitative estimate of drug-likeness (QED) is 0.446. The Morgan fingerprint density at radius 2 is 1.58 bits per heavy atom. The van der Waals surface area contributed by atoms with Crippen molar-refractivity contribution in [1.82, 2.24) is 0 Å². The third-order valence-corrected chi connectivity index (χ3v) is 2.90. The van der Waals surface area contributed by atoms with Gasteiger partial charge in [-0.3, -0.25) is 10.1 Å². The zero-order valence-electron chi connectivity index (χ0n) is 11.8. The molecule has 3 N–H and O–H groups in total. The van der Waals surface area contributed by atoms with E-state index >= 15 is 0 Å². The molecule has 2 amide bonds. The number of halogens is 3. The van der Waals surface area contributed by atoms with Gasteiger partial charge in [0.25, 0.3) is 5.69 Å². The summed E-state index contributed by atoms with van der Waals surface area (Å²) in [6, 6.07) is 6.53. The van der Waals surface area contributed by atoms with Gasteiger partial charge < -0.3 is 15.7 Å². The number of aromatic hydroxyl groups is 1. The number of anilines is 2. The number of phenols is 1. The van der Waals surface area contributed by atoms with E-state index in [9.17, 15) is 33.2 Å². The molecule has 0 aliphatic carbocycles. The van der Waals surface area contributed by atoms with Crippen molar-refractivity contribution >= 4 is 23.1 Å². The standard InChI is InChI=1S/C14H10F3N3O4/c15-14(16,17)11-7-9(3-6-12(11)21)19-13(22)18-8-1-4-10(5-2-8)20(23)24/h1-7,21H,(H2,18,19,22). The van der Waals surface area contributed by atoms with Crippen molar-refractivity contribution < 1.29 is 28.0 Å². The van der Waals surface area contributed by atoms with E-state index in [0.29, 0.717) is 6.07 Å². The van der Waals surface area contributed by atoms with E-state index in [-0.39, 0.29) is 17.1 Å². The number of amides is 2. The number of nitrogens with zero attached hydrogens (tertiary/aromatic N) is 1. The Bertz CT molecular complexity index is 776. The fourth-order valence-electron chi connectivity index (χ4n) is 1.80. The first-order valence-corrected chi connectivity index (χ1v) is 6.39. The highest BCUT2D eigenvalue weighted by Crippen LogP contribution is 2.37. The van der Waals surface area contributed by atoms with Crippen LogP contribution in [-0.4, -0.2) is 16.1 Å². The van der Waals surface area contributed by atoms with E-state index in [1.54, 1.807) is 0 Å². The maximum atomic E-state index is 12.7. The molecule has 0 fully saturated rings. The number of hydrogen-bond donors (Lipinski definition) is 3. The molecule has 24 heavy (non-hydrogen) atoms. The molecule has 2 aromatic rings. The fraction of sp³-hybridized carbons (Fsp3) is 0.0714. The Kier molecular flexibility index (Phi) is 4.58. The van der Waals surface area contributed by atoms with Gasteiger partial charge in [0.15, 0.2) is 0 Å². The number of rotatable bonds is 3. The average molecular weight is 341 g/mol. The SMILES string of the molecule is O=C(Nc1ccc([N+](=O)[O-])cc1)Nc1ccc(O)c(C(F)(F)F)c1. The van der Waals surface area contributed by atoms with Crippen molar-refractivity contribution in [1.29, 1.82) is 0 Å². The van der Waals surface area contributed by atoms with Gasteiger partial charge in [-0.15, -0.1) is 0 Å². The Hall–Kier alpha value is -3.30. The molecule has 0 bridgehead atoms. The molecule has 126 valence electrons. The molecule has 0 aliphatic rings. The molecule has 0 spiro atoms. The molecule has 10 heteroatoms. The second-order valence-electron chi connectivity index (χ2n) is 4.61. The minimum atomic E-state index is -4.77. The van der Waals surface area contributed by atoms with Crippen LogP contribution in [0.15, 0.2) is 42.5 Å². The largest absolute Gasteiger partial charge is 0.507 e. The van der Waals surface area contributed by atoms with Crippen LogP contribution in [0.1, 0.15) is 5.56 Å². The molecule has 0 heterocycles. The number of nitrogens with one attached hydrogen (secondary N) is 2. The van der Waals surface area contributed by atoms with Gasteiger partial charge in [0.1, 0.15) is 5.75 Å². The number of nitro benzene ring substituents is 1. The summed E-state index contributed by atoms with van der Waals surface area (Å²) in [6.45, 7) is 0. The van der Waals surface area contributed by atoms with Gasteiger partial charge in [-0.05, 0) is 30.3 Å². The lowest BCUT2D eigenvalue weighted by atomic mass is 10.1. The van der Waals surface area contributed by atoms with Gasteiger partial charge in [0.2, 0.25) is 0 Å². The first-order valence-electron chi connectivity index (χ1n) is 6.39.